The quantitative estimate of drug-likeness (QED) is 0.240. The first-order valence-corrected chi connectivity index (χ1v) is 18.7. The first kappa shape index (κ1) is 34.1. The van der Waals surface area contributed by atoms with Crippen LogP contribution in [0.15, 0.2) is 30.4 Å². The average Bonchev–Trinajstić information content (AvgIpc) is 3.38. The summed E-state index contributed by atoms with van der Waals surface area (Å²) in [5, 5.41) is 11.1. The highest BCUT2D eigenvalue weighted by atomic mass is 16.6. The van der Waals surface area contributed by atoms with E-state index in [1.54, 1.807) is 0 Å². The molecule has 0 aliphatic heterocycles. The van der Waals surface area contributed by atoms with Gasteiger partial charge in [0.05, 0.1) is 12.7 Å². The maximum atomic E-state index is 13.2. The van der Waals surface area contributed by atoms with E-state index in [4.69, 9.17) is 9.47 Å². The van der Waals surface area contributed by atoms with Crippen LogP contribution in [0.5, 0.6) is 5.75 Å². The summed E-state index contributed by atoms with van der Waals surface area (Å²) in [6, 6.07) is 6.29. The number of carbonyl (C=O) groups excluding carboxylic acids is 1. The van der Waals surface area contributed by atoms with Gasteiger partial charge in [-0.15, -0.1) is 0 Å². The Bertz CT molecular complexity index is 1340. The van der Waals surface area contributed by atoms with Crippen molar-refractivity contribution in [1.82, 2.24) is 0 Å². The van der Waals surface area contributed by atoms with Crippen molar-refractivity contribution in [1.29, 1.82) is 0 Å². The van der Waals surface area contributed by atoms with E-state index in [-0.39, 0.29) is 45.8 Å². The molecule has 0 radical (unpaired) electrons. The summed E-state index contributed by atoms with van der Waals surface area (Å²) in [4.78, 5) is 13.2. The molecule has 5 fully saturated rings. The lowest BCUT2D eigenvalue weighted by atomic mass is 9.32. The predicted molar refractivity (Wildman–Crippen MR) is 187 cm³/mol. The molecule has 0 bridgehead atoms. The van der Waals surface area contributed by atoms with Crippen LogP contribution in [0.2, 0.25) is 0 Å². The second-order valence-corrected chi connectivity index (χ2v) is 18.6. The standard InChI is InChI=1S/C42H64O4/c1-26(2)29-12-11-28(5)32(23-29)45-24-36(44)46-25-42-20-15-30(27(3)4)37(42)31-13-14-34-39(8)18-17-35(43)38(6,7)33(39)16-19-41(34,10)40(31,9)21-22-42/h11-12,23,26,30-31,33-35,37,43H,3,13-22,24-25H2,1-2,4-10H3/t30-,31?,33?,34?,35-,37?,39-,40+,41+,42?/m0/s1. The number of hydrogen-bond donors (Lipinski definition) is 1. The molecule has 0 heterocycles. The molecule has 0 spiro atoms. The van der Waals surface area contributed by atoms with Crippen molar-refractivity contribution < 1.29 is 19.4 Å². The Morgan fingerprint density at radius 3 is 2.37 bits per heavy atom. The van der Waals surface area contributed by atoms with Gasteiger partial charge < -0.3 is 14.6 Å². The first-order chi connectivity index (χ1) is 21.5. The van der Waals surface area contributed by atoms with Crippen molar-refractivity contribution in [3.63, 3.8) is 0 Å². The molecule has 5 aliphatic rings. The van der Waals surface area contributed by atoms with Crippen molar-refractivity contribution in [2.24, 2.45) is 56.7 Å². The molecule has 4 heteroatoms. The summed E-state index contributed by atoms with van der Waals surface area (Å²) in [7, 11) is 0. The smallest absolute Gasteiger partial charge is 0.344 e. The molecule has 5 saturated carbocycles. The highest BCUT2D eigenvalue weighted by Crippen LogP contribution is 2.77. The Kier molecular flexibility index (Phi) is 8.64. The third kappa shape index (κ3) is 5.04. The Morgan fingerprint density at radius 2 is 1.67 bits per heavy atom. The zero-order chi connectivity index (χ0) is 33.4. The fourth-order valence-electron chi connectivity index (χ4n) is 13.1. The number of esters is 1. The topological polar surface area (TPSA) is 55.8 Å². The zero-order valence-electron chi connectivity index (χ0n) is 30.6. The molecular weight excluding hydrogens is 568 g/mol. The lowest BCUT2D eigenvalue weighted by molar-refractivity contribution is -0.250. The van der Waals surface area contributed by atoms with E-state index in [2.05, 4.69) is 80.2 Å². The van der Waals surface area contributed by atoms with E-state index in [1.807, 2.05) is 6.92 Å². The normalized spacial score (nSPS) is 42.8. The minimum Gasteiger partial charge on any atom is -0.482 e. The third-order valence-electron chi connectivity index (χ3n) is 16.0. The molecule has 10 atom stereocenters. The van der Waals surface area contributed by atoms with Gasteiger partial charge in [-0.1, -0.05) is 72.8 Å². The molecular formula is C42H64O4. The molecule has 0 amide bonds. The SMILES string of the molecule is C=C(C)[C@@H]1CCC2(COC(=O)COc3cc(C(C)C)ccc3C)CC[C@]3(C)C(CCC4[C@@]5(C)CC[C@H](O)C(C)(C)C5CC[C@]43C)C12. The van der Waals surface area contributed by atoms with Crippen molar-refractivity contribution in [2.45, 2.75) is 139 Å². The highest BCUT2D eigenvalue weighted by Gasteiger charge is 2.71. The lowest BCUT2D eigenvalue weighted by Crippen LogP contribution is -2.66. The monoisotopic (exact) mass is 632 g/mol. The molecule has 5 aliphatic carbocycles. The van der Waals surface area contributed by atoms with Crippen molar-refractivity contribution >= 4 is 5.97 Å². The van der Waals surface area contributed by atoms with Crippen LogP contribution in [-0.2, 0) is 9.53 Å². The van der Waals surface area contributed by atoms with Gasteiger partial charge in [0, 0.05) is 5.41 Å². The van der Waals surface area contributed by atoms with E-state index < -0.39 is 0 Å². The molecule has 256 valence electrons. The van der Waals surface area contributed by atoms with Crippen molar-refractivity contribution in [3.8, 4) is 5.75 Å². The summed E-state index contributed by atoms with van der Waals surface area (Å²) < 4.78 is 12.2. The predicted octanol–water partition coefficient (Wildman–Crippen LogP) is 10.1. The van der Waals surface area contributed by atoms with Gasteiger partial charge in [-0.2, -0.15) is 0 Å². The van der Waals surface area contributed by atoms with Gasteiger partial charge in [0.25, 0.3) is 0 Å². The number of ether oxygens (including phenoxy) is 2. The summed E-state index contributed by atoms with van der Waals surface area (Å²) in [6.45, 7) is 26.3. The maximum absolute atomic E-state index is 13.2. The molecule has 1 aromatic rings. The minimum atomic E-state index is -0.251. The van der Waals surface area contributed by atoms with E-state index >= 15 is 0 Å². The van der Waals surface area contributed by atoms with Gasteiger partial charge in [-0.25, -0.2) is 4.79 Å². The van der Waals surface area contributed by atoms with Gasteiger partial charge in [0.1, 0.15) is 5.75 Å². The molecule has 5 unspecified atom stereocenters. The van der Waals surface area contributed by atoms with E-state index in [1.165, 1.54) is 43.2 Å². The Balaban J connectivity index is 1.22. The van der Waals surface area contributed by atoms with E-state index in [0.717, 1.165) is 43.4 Å². The summed E-state index contributed by atoms with van der Waals surface area (Å²) in [5.74, 6) is 3.83. The molecule has 1 aromatic carbocycles. The minimum absolute atomic E-state index is 0.0200. The van der Waals surface area contributed by atoms with Crippen LogP contribution in [0.3, 0.4) is 0 Å². The Hall–Kier alpha value is -1.81. The van der Waals surface area contributed by atoms with Crippen LogP contribution in [-0.4, -0.2) is 30.4 Å². The van der Waals surface area contributed by atoms with Crippen LogP contribution in [0.4, 0.5) is 0 Å². The maximum Gasteiger partial charge on any atom is 0.344 e. The van der Waals surface area contributed by atoms with Crippen LogP contribution in [0, 0.1) is 63.6 Å². The number of allylic oxidation sites excluding steroid dienone is 1. The molecule has 0 aromatic heterocycles. The van der Waals surface area contributed by atoms with Crippen LogP contribution < -0.4 is 4.74 Å². The number of hydrogen-bond acceptors (Lipinski definition) is 4. The zero-order valence-corrected chi connectivity index (χ0v) is 30.6. The van der Waals surface area contributed by atoms with Gasteiger partial charge >= 0.3 is 5.97 Å². The number of aliphatic hydroxyl groups excluding tert-OH is 1. The molecule has 0 saturated heterocycles. The molecule has 1 N–H and O–H groups in total. The number of rotatable bonds is 7. The molecule has 6 rings (SSSR count). The molecule has 46 heavy (non-hydrogen) atoms. The number of benzene rings is 1. The van der Waals surface area contributed by atoms with Gasteiger partial charge in [-0.3, -0.25) is 0 Å². The third-order valence-corrected chi connectivity index (χ3v) is 16.0. The number of fused-ring (bicyclic) bond motifs is 7. The molecule has 4 nitrogen and oxygen atoms in total. The number of carbonyl (C=O) groups is 1. The highest BCUT2D eigenvalue weighted by molar-refractivity contribution is 5.71. The Labute approximate surface area is 280 Å². The summed E-state index contributed by atoms with van der Waals surface area (Å²) in [6.07, 6.45) is 11.6. The van der Waals surface area contributed by atoms with Crippen molar-refractivity contribution in [3.05, 3.63) is 41.5 Å². The van der Waals surface area contributed by atoms with Crippen LogP contribution in [0.25, 0.3) is 0 Å². The average molecular weight is 633 g/mol. The summed E-state index contributed by atoms with van der Waals surface area (Å²) in [5.41, 5.74) is 4.40. The van der Waals surface area contributed by atoms with Gasteiger partial charge in [-0.05, 0) is 152 Å². The lowest BCUT2D eigenvalue weighted by Gasteiger charge is -2.73. The van der Waals surface area contributed by atoms with Crippen molar-refractivity contribution in [2.75, 3.05) is 13.2 Å². The first-order valence-electron chi connectivity index (χ1n) is 18.7. The van der Waals surface area contributed by atoms with E-state index in [9.17, 15) is 9.90 Å². The second-order valence-electron chi connectivity index (χ2n) is 18.6. The van der Waals surface area contributed by atoms with Gasteiger partial charge in [0.2, 0.25) is 0 Å². The summed E-state index contributed by atoms with van der Waals surface area (Å²) >= 11 is 0. The second kappa shape index (κ2) is 11.7. The largest absolute Gasteiger partial charge is 0.482 e. The van der Waals surface area contributed by atoms with Gasteiger partial charge in [0.15, 0.2) is 6.61 Å². The van der Waals surface area contributed by atoms with E-state index in [0.29, 0.717) is 42.1 Å². The fourth-order valence-corrected chi connectivity index (χ4v) is 13.1. The number of aliphatic hydroxyl groups is 1. The van der Waals surface area contributed by atoms with Crippen LogP contribution in [0.1, 0.15) is 137 Å². The fraction of sp³-hybridized carbons (Fsp3) is 0.786. The van der Waals surface area contributed by atoms with Crippen LogP contribution >= 0.6 is 0 Å². The number of aryl methyl sites for hydroxylation is 1. The Morgan fingerprint density at radius 1 is 0.935 bits per heavy atom.